The van der Waals surface area contributed by atoms with Crippen molar-refractivity contribution in [1.82, 2.24) is 0 Å². The summed E-state index contributed by atoms with van der Waals surface area (Å²) in [7, 11) is 0. The van der Waals surface area contributed by atoms with Crippen LogP contribution in [0.4, 0.5) is 0 Å². The van der Waals surface area contributed by atoms with Gasteiger partial charge in [0.1, 0.15) is 36.8 Å². The SMILES string of the molecule is Cc1cc2cc(C(=O)[C@H]3C[C@@H]3C(=O)OCC3O[C@H](O)[C@H](O)[C@@H](O)[C@H]3O)cc(Cl)c2o1. The van der Waals surface area contributed by atoms with Crippen molar-refractivity contribution < 1.29 is 43.9 Å². The number of esters is 1. The van der Waals surface area contributed by atoms with Gasteiger partial charge in [-0.25, -0.2) is 0 Å². The van der Waals surface area contributed by atoms with Gasteiger partial charge < -0.3 is 34.3 Å². The van der Waals surface area contributed by atoms with Crippen molar-refractivity contribution in [3.05, 3.63) is 34.5 Å². The largest absolute Gasteiger partial charge is 0.463 e. The second kappa shape index (κ2) is 7.92. The first-order valence-corrected chi connectivity index (χ1v) is 9.83. The number of benzene rings is 1. The molecule has 0 spiro atoms. The fourth-order valence-corrected chi connectivity index (χ4v) is 3.95. The molecule has 2 heterocycles. The molecular weight excluding hydrogens is 420 g/mol. The molecule has 1 saturated heterocycles. The molecule has 1 aliphatic carbocycles. The van der Waals surface area contributed by atoms with Crippen molar-refractivity contribution in [3.63, 3.8) is 0 Å². The third-order valence-electron chi connectivity index (χ3n) is 5.49. The quantitative estimate of drug-likeness (QED) is 0.386. The minimum atomic E-state index is -1.71. The molecule has 7 atom stereocenters. The van der Waals surface area contributed by atoms with Crippen LogP contribution in [0.2, 0.25) is 5.02 Å². The number of hydrogen-bond acceptors (Lipinski definition) is 9. The van der Waals surface area contributed by atoms with Crippen molar-refractivity contribution in [3.8, 4) is 0 Å². The topological polar surface area (TPSA) is 147 Å². The lowest BCUT2D eigenvalue weighted by molar-refractivity contribution is -0.287. The van der Waals surface area contributed by atoms with Gasteiger partial charge in [-0.2, -0.15) is 0 Å². The summed E-state index contributed by atoms with van der Waals surface area (Å²) in [5.74, 6) is -1.40. The van der Waals surface area contributed by atoms with Gasteiger partial charge in [-0.1, -0.05) is 11.6 Å². The smallest absolute Gasteiger partial charge is 0.309 e. The number of carbonyl (C=O) groups is 2. The predicted molar refractivity (Wildman–Crippen MR) is 102 cm³/mol. The highest BCUT2D eigenvalue weighted by Gasteiger charge is 2.50. The van der Waals surface area contributed by atoms with Gasteiger partial charge in [0.25, 0.3) is 0 Å². The Kier molecular flexibility index (Phi) is 5.60. The van der Waals surface area contributed by atoms with Gasteiger partial charge in [-0.15, -0.1) is 0 Å². The number of ketones is 1. The zero-order chi connectivity index (χ0) is 21.7. The number of fused-ring (bicyclic) bond motifs is 1. The Bertz CT molecular complexity index is 986. The summed E-state index contributed by atoms with van der Waals surface area (Å²) in [6, 6.07) is 4.95. The Morgan fingerprint density at radius 3 is 2.57 bits per heavy atom. The van der Waals surface area contributed by atoms with Crippen molar-refractivity contribution >= 4 is 34.3 Å². The van der Waals surface area contributed by atoms with Crippen LogP contribution in [0.1, 0.15) is 22.5 Å². The van der Waals surface area contributed by atoms with E-state index in [9.17, 15) is 30.0 Å². The van der Waals surface area contributed by atoms with Crippen molar-refractivity contribution in [2.24, 2.45) is 11.8 Å². The normalized spacial score (nSPS) is 33.5. The standard InChI is InChI=1S/C20H21ClO9/c1-7-2-9-3-8(4-12(21)18(9)29-7)14(22)10-5-11(10)19(26)28-6-13-15(23)16(24)17(25)20(27)30-13/h2-4,10-11,13,15-17,20,23-25,27H,5-6H2,1H3/t10-,11-,13?,15-,16-,17+,20-/m0/s1. The molecule has 2 aliphatic rings. The van der Waals surface area contributed by atoms with Gasteiger partial charge in [0.2, 0.25) is 0 Å². The second-order valence-electron chi connectivity index (χ2n) is 7.71. The third-order valence-corrected chi connectivity index (χ3v) is 5.77. The number of halogens is 1. The molecule has 1 aromatic heterocycles. The average Bonchev–Trinajstić information content (AvgIpc) is 3.42. The maximum absolute atomic E-state index is 12.7. The number of furan rings is 1. The van der Waals surface area contributed by atoms with E-state index >= 15 is 0 Å². The number of aliphatic hydroxyl groups is 4. The summed E-state index contributed by atoms with van der Waals surface area (Å²) >= 11 is 6.19. The number of aliphatic hydroxyl groups excluding tert-OH is 4. The zero-order valence-corrected chi connectivity index (χ0v) is 16.7. The Balaban J connectivity index is 1.36. The van der Waals surface area contributed by atoms with Gasteiger partial charge in [0.15, 0.2) is 17.7 Å². The fraction of sp³-hybridized carbons (Fsp3) is 0.500. The molecule has 0 bridgehead atoms. The number of rotatable bonds is 5. The molecule has 2 fully saturated rings. The van der Waals surface area contributed by atoms with Gasteiger partial charge in [-0.05, 0) is 31.5 Å². The van der Waals surface area contributed by atoms with Crippen molar-refractivity contribution in [1.29, 1.82) is 0 Å². The van der Waals surface area contributed by atoms with Crippen LogP contribution in [0.5, 0.6) is 0 Å². The van der Waals surface area contributed by atoms with E-state index in [1.54, 1.807) is 19.1 Å². The maximum Gasteiger partial charge on any atom is 0.309 e. The first kappa shape index (κ1) is 21.2. The van der Waals surface area contributed by atoms with E-state index in [2.05, 4.69) is 0 Å². The third kappa shape index (κ3) is 3.84. The summed E-state index contributed by atoms with van der Waals surface area (Å²) in [5.41, 5.74) is 0.873. The van der Waals surface area contributed by atoms with Crippen LogP contribution in [-0.4, -0.2) is 69.5 Å². The lowest BCUT2D eigenvalue weighted by atomic mass is 9.99. The molecule has 162 valence electrons. The summed E-state index contributed by atoms with van der Waals surface area (Å²) < 4.78 is 15.5. The molecule has 1 unspecified atom stereocenters. The molecule has 4 N–H and O–H groups in total. The fourth-order valence-electron chi connectivity index (χ4n) is 3.68. The van der Waals surface area contributed by atoms with Crippen LogP contribution in [0.3, 0.4) is 0 Å². The van der Waals surface area contributed by atoms with Gasteiger partial charge >= 0.3 is 5.97 Å². The minimum Gasteiger partial charge on any atom is -0.463 e. The van der Waals surface area contributed by atoms with Gasteiger partial charge in [0, 0.05) is 16.9 Å². The molecule has 10 heteroatoms. The molecule has 1 aromatic carbocycles. The Morgan fingerprint density at radius 1 is 1.10 bits per heavy atom. The van der Waals surface area contributed by atoms with Crippen molar-refractivity contribution in [2.45, 2.75) is 44.1 Å². The molecule has 2 aromatic rings. The highest BCUT2D eigenvalue weighted by Crippen LogP contribution is 2.43. The molecule has 9 nitrogen and oxygen atoms in total. The minimum absolute atomic E-state index is 0.234. The van der Waals surface area contributed by atoms with Crippen LogP contribution in [-0.2, 0) is 14.3 Å². The average molecular weight is 441 g/mol. The van der Waals surface area contributed by atoms with Crippen LogP contribution >= 0.6 is 11.6 Å². The van der Waals surface area contributed by atoms with Crippen LogP contribution < -0.4 is 0 Å². The van der Waals surface area contributed by atoms with E-state index < -0.39 is 55.1 Å². The first-order chi connectivity index (χ1) is 14.2. The zero-order valence-electron chi connectivity index (χ0n) is 15.9. The second-order valence-corrected chi connectivity index (χ2v) is 8.12. The maximum atomic E-state index is 12.7. The van der Waals surface area contributed by atoms with E-state index in [0.717, 1.165) is 0 Å². The molecule has 0 radical (unpaired) electrons. The van der Waals surface area contributed by atoms with E-state index in [4.69, 9.17) is 25.5 Å². The summed E-state index contributed by atoms with van der Waals surface area (Å²) in [6.45, 7) is 1.33. The lowest BCUT2D eigenvalue weighted by Gasteiger charge is -2.37. The molecule has 1 aliphatic heterocycles. The van der Waals surface area contributed by atoms with Crippen molar-refractivity contribution in [2.75, 3.05) is 6.61 Å². The number of aryl methyl sites for hydroxylation is 1. The first-order valence-electron chi connectivity index (χ1n) is 9.45. The Morgan fingerprint density at radius 2 is 1.83 bits per heavy atom. The highest BCUT2D eigenvalue weighted by atomic mass is 35.5. The molecule has 1 saturated carbocycles. The van der Waals surface area contributed by atoms with Crippen LogP contribution in [0.25, 0.3) is 11.0 Å². The van der Waals surface area contributed by atoms with Crippen LogP contribution in [0, 0.1) is 18.8 Å². The summed E-state index contributed by atoms with van der Waals surface area (Å²) in [4.78, 5) is 25.0. The number of ether oxygens (including phenoxy) is 2. The monoisotopic (exact) mass is 440 g/mol. The van der Waals surface area contributed by atoms with Gasteiger partial charge in [0.05, 0.1) is 10.9 Å². The highest BCUT2D eigenvalue weighted by molar-refractivity contribution is 6.35. The lowest BCUT2D eigenvalue weighted by Crippen LogP contribution is -2.58. The summed E-state index contributed by atoms with van der Waals surface area (Å²) in [5, 5.41) is 39.5. The van der Waals surface area contributed by atoms with Gasteiger partial charge in [-0.3, -0.25) is 9.59 Å². The summed E-state index contributed by atoms with van der Waals surface area (Å²) in [6.07, 6.45) is -7.45. The Labute approximate surface area is 175 Å². The number of Topliss-reactive ketones (excluding diaryl/α,β-unsaturated/α-hetero) is 1. The predicted octanol–water partition coefficient (Wildman–Crippen LogP) is 0.557. The molecule has 30 heavy (non-hydrogen) atoms. The Hall–Kier alpha value is -2.01. The van der Waals surface area contributed by atoms with E-state index in [1.807, 2.05) is 0 Å². The molecule has 4 rings (SSSR count). The van der Waals surface area contributed by atoms with E-state index in [1.165, 1.54) is 6.07 Å². The number of carbonyl (C=O) groups excluding carboxylic acids is 2. The van der Waals surface area contributed by atoms with E-state index in [-0.39, 0.29) is 5.78 Å². The number of hydrogen-bond donors (Lipinski definition) is 4. The van der Waals surface area contributed by atoms with Crippen LogP contribution in [0.15, 0.2) is 22.6 Å². The van der Waals surface area contributed by atoms with E-state index in [0.29, 0.717) is 33.7 Å². The molecule has 0 amide bonds. The molecular formula is C20H21ClO9.